The second kappa shape index (κ2) is 8.06. The SMILES string of the molecule is C=C/C(=C\C(=C)OC)CN1CCc2[nH]n(Cc3ccccc3)c(=O)c2C1. The second-order valence-electron chi connectivity index (χ2n) is 6.50. The van der Waals surface area contributed by atoms with E-state index in [0.717, 1.165) is 35.4 Å². The molecule has 0 atom stereocenters. The number of fused-ring (bicyclic) bond motifs is 1. The van der Waals surface area contributed by atoms with Gasteiger partial charge in [-0.1, -0.05) is 49.6 Å². The zero-order valence-corrected chi connectivity index (χ0v) is 15.2. The predicted octanol–water partition coefficient (Wildman–Crippen LogP) is 2.86. The summed E-state index contributed by atoms with van der Waals surface area (Å²) < 4.78 is 6.82. The minimum atomic E-state index is 0.0685. The third-order valence-electron chi connectivity index (χ3n) is 4.66. The summed E-state index contributed by atoms with van der Waals surface area (Å²) in [7, 11) is 1.60. The van der Waals surface area contributed by atoms with Crippen molar-refractivity contribution >= 4 is 0 Å². The number of ether oxygens (including phenoxy) is 1. The first-order chi connectivity index (χ1) is 12.6. The molecule has 0 radical (unpaired) electrons. The van der Waals surface area contributed by atoms with E-state index in [1.54, 1.807) is 11.8 Å². The zero-order chi connectivity index (χ0) is 18.5. The largest absolute Gasteiger partial charge is 0.497 e. The molecule has 0 spiro atoms. The van der Waals surface area contributed by atoms with Crippen LogP contribution in [0.2, 0.25) is 0 Å². The molecule has 1 aromatic heterocycles. The number of benzene rings is 1. The fourth-order valence-corrected chi connectivity index (χ4v) is 3.22. The molecule has 0 fully saturated rings. The first kappa shape index (κ1) is 18.0. The average Bonchev–Trinajstić information content (AvgIpc) is 2.97. The van der Waals surface area contributed by atoms with Crippen LogP contribution in [0.5, 0.6) is 0 Å². The lowest BCUT2D eigenvalue weighted by molar-refractivity contribution is 0.274. The third-order valence-corrected chi connectivity index (χ3v) is 4.66. The highest BCUT2D eigenvalue weighted by Gasteiger charge is 2.22. The molecular formula is C21H25N3O2. The number of H-pyrrole nitrogens is 1. The Bertz CT molecular complexity index is 874. The Kier molecular flexibility index (Phi) is 5.58. The molecule has 136 valence electrons. The summed E-state index contributed by atoms with van der Waals surface area (Å²) in [5, 5.41) is 3.29. The first-order valence-corrected chi connectivity index (χ1v) is 8.73. The van der Waals surface area contributed by atoms with Gasteiger partial charge in [-0.15, -0.1) is 0 Å². The van der Waals surface area contributed by atoms with E-state index in [-0.39, 0.29) is 5.56 Å². The normalized spacial score (nSPS) is 14.7. The van der Waals surface area contributed by atoms with Crippen LogP contribution >= 0.6 is 0 Å². The van der Waals surface area contributed by atoms with Crippen LogP contribution in [-0.4, -0.2) is 34.9 Å². The highest BCUT2D eigenvalue weighted by molar-refractivity contribution is 5.27. The van der Waals surface area contributed by atoms with Gasteiger partial charge in [-0.05, 0) is 17.2 Å². The summed E-state index contributed by atoms with van der Waals surface area (Å²) in [5.41, 5.74) is 4.12. The molecule has 0 saturated heterocycles. The number of aromatic amines is 1. The monoisotopic (exact) mass is 351 g/mol. The number of methoxy groups -OCH3 is 1. The van der Waals surface area contributed by atoms with Gasteiger partial charge in [-0.2, -0.15) is 0 Å². The molecule has 2 aromatic rings. The van der Waals surface area contributed by atoms with E-state index in [4.69, 9.17) is 4.74 Å². The van der Waals surface area contributed by atoms with E-state index in [9.17, 15) is 4.79 Å². The Hall–Kier alpha value is -2.79. The zero-order valence-electron chi connectivity index (χ0n) is 15.2. The number of allylic oxidation sites excluding steroid dienone is 1. The van der Waals surface area contributed by atoms with Crippen LogP contribution in [0.15, 0.2) is 71.8 Å². The van der Waals surface area contributed by atoms with E-state index < -0.39 is 0 Å². The fourth-order valence-electron chi connectivity index (χ4n) is 3.22. The fraction of sp³-hybridized carbons (Fsp3) is 0.286. The summed E-state index contributed by atoms with van der Waals surface area (Å²) in [6, 6.07) is 10.0. The van der Waals surface area contributed by atoms with E-state index in [1.807, 2.05) is 42.5 Å². The van der Waals surface area contributed by atoms with E-state index in [0.29, 0.717) is 25.4 Å². The van der Waals surface area contributed by atoms with Crippen LogP contribution in [0.3, 0.4) is 0 Å². The van der Waals surface area contributed by atoms with Crippen molar-refractivity contribution in [1.82, 2.24) is 14.7 Å². The molecule has 1 aliphatic heterocycles. The van der Waals surface area contributed by atoms with Crippen LogP contribution in [-0.2, 0) is 24.2 Å². The molecule has 0 amide bonds. The maximum Gasteiger partial charge on any atom is 0.271 e. The Morgan fingerprint density at radius 2 is 2.12 bits per heavy atom. The van der Waals surface area contributed by atoms with E-state index >= 15 is 0 Å². The van der Waals surface area contributed by atoms with Gasteiger partial charge in [-0.3, -0.25) is 14.8 Å². The highest BCUT2D eigenvalue weighted by Crippen LogP contribution is 2.17. The van der Waals surface area contributed by atoms with Crippen molar-refractivity contribution in [3.05, 3.63) is 94.1 Å². The molecule has 5 heteroatoms. The lowest BCUT2D eigenvalue weighted by Gasteiger charge is -2.26. The summed E-state index contributed by atoms with van der Waals surface area (Å²) in [6.07, 6.45) is 4.53. The van der Waals surface area contributed by atoms with Gasteiger partial charge in [0.25, 0.3) is 5.56 Å². The standard InChI is InChI=1S/C21H25N3O2/c1-4-17(12-16(2)26-3)13-23-11-10-20-19(15-23)21(25)24(22-20)14-18-8-6-5-7-9-18/h4-9,12,22H,1-2,10-11,13-15H2,3H3/b17-12+. The van der Waals surface area contributed by atoms with Crippen molar-refractivity contribution in [1.29, 1.82) is 0 Å². The maximum atomic E-state index is 12.8. The van der Waals surface area contributed by atoms with Crippen molar-refractivity contribution in [3.8, 4) is 0 Å². The van der Waals surface area contributed by atoms with Crippen molar-refractivity contribution in [3.63, 3.8) is 0 Å². The van der Waals surface area contributed by atoms with Gasteiger partial charge >= 0.3 is 0 Å². The summed E-state index contributed by atoms with van der Waals surface area (Å²) in [5.74, 6) is 0.601. The van der Waals surface area contributed by atoms with Crippen LogP contribution < -0.4 is 5.56 Å². The van der Waals surface area contributed by atoms with Crippen molar-refractivity contribution in [2.45, 2.75) is 19.5 Å². The van der Waals surface area contributed by atoms with Crippen molar-refractivity contribution in [2.75, 3.05) is 20.2 Å². The molecule has 3 rings (SSSR count). The molecule has 26 heavy (non-hydrogen) atoms. The van der Waals surface area contributed by atoms with Crippen LogP contribution in [0.25, 0.3) is 0 Å². The van der Waals surface area contributed by atoms with Crippen LogP contribution in [0.1, 0.15) is 16.8 Å². The van der Waals surface area contributed by atoms with Crippen LogP contribution in [0, 0.1) is 0 Å². The molecule has 1 N–H and O–H groups in total. The Labute approximate surface area is 153 Å². The third kappa shape index (κ3) is 4.06. The first-order valence-electron chi connectivity index (χ1n) is 8.73. The summed E-state index contributed by atoms with van der Waals surface area (Å²) in [4.78, 5) is 15.0. The lowest BCUT2D eigenvalue weighted by Crippen LogP contribution is -2.34. The van der Waals surface area contributed by atoms with Crippen molar-refractivity contribution < 1.29 is 4.74 Å². The van der Waals surface area contributed by atoms with Crippen molar-refractivity contribution in [2.24, 2.45) is 0 Å². The summed E-state index contributed by atoms with van der Waals surface area (Å²) >= 11 is 0. The number of hydrogen-bond acceptors (Lipinski definition) is 3. The molecule has 2 heterocycles. The lowest BCUT2D eigenvalue weighted by atomic mass is 10.1. The number of aromatic nitrogens is 2. The molecule has 5 nitrogen and oxygen atoms in total. The molecule has 0 saturated carbocycles. The number of nitrogens with zero attached hydrogens (tertiary/aromatic N) is 2. The average molecular weight is 351 g/mol. The number of nitrogens with one attached hydrogen (secondary N) is 1. The van der Waals surface area contributed by atoms with E-state index in [1.165, 1.54) is 0 Å². The van der Waals surface area contributed by atoms with Gasteiger partial charge in [0.2, 0.25) is 0 Å². The molecule has 1 aromatic carbocycles. The minimum absolute atomic E-state index is 0.0685. The summed E-state index contributed by atoms with van der Waals surface area (Å²) in [6.45, 7) is 10.5. The van der Waals surface area contributed by atoms with E-state index in [2.05, 4.69) is 23.2 Å². The van der Waals surface area contributed by atoms with Crippen LogP contribution in [0.4, 0.5) is 0 Å². The minimum Gasteiger partial charge on any atom is -0.497 e. The van der Waals surface area contributed by atoms with Gasteiger partial charge in [0, 0.05) is 31.7 Å². The topological polar surface area (TPSA) is 50.3 Å². The number of hydrogen-bond donors (Lipinski definition) is 1. The molecule has 0 unspecified atom stereocenters. The Morgan fingerprint density at radius 3 is 2.81 bits per heavy atom. The van der Waals surface area contributed by atoms with Gasteiger partial charge in [0.1, 0.15) is 5.76 Å². The second-order valence-corrected chi connectivity index (χ2v) is 6.50. The quantitative estimate of drug-likeness (QED) is 0.616. The van der Waals surface area contributed by atoms with Gasteiger partial charge in [-0.25, -0.2) is 4.68 Å². The molecule has 1 aliphatic rings. The van der Waals surface area contributed by atoms with Gasteiger partial charge in [0.15, 0.2) is 0 Å². The maximum absolute atomic E-state index is 12.8. The molecule has 0 bridgehead atoms. The molecule has 0 aliphatic carbocycles. The molecular weight excluding hydrogens is 326 g/mol. The smallest absolute Gasteiger partial charge is 0.271 e. The van der Waals surface area contributed by atoms with Gasteiger partial charge < -0.3 is 4.74 Å². The Morgan fingerprint density at radius 1 is 1.35 bits per heavy atom. The Balaban J connectivity index is 1.74. The predicted molar refractivity (Wildman–Crippen MR) is 104 cm³/mol. The highest BCUT2D eigenvalue weighted by atomic mass is 16.5. The number of rotatable bonds is 7. The van der Waals surface area contributed by atoms with Gasteiger partial charge in [0.05, 0.1) is 19.2 Å².